The molecular weight excluding hydrogens is 231 g/mol. The van der Waals surface area contributed by atoms with E-state index in [0.29, 0.717) is 11.1 Å². The lowest BCUT2D eigenvalue weighted by Crippen LogP contribution is -2.04. The van der Waals surface area contributed by atoms with Crippen molar-refractivity contribution < 1.29 is 23.9 Å². The third kappa shape index (κ3) is 4.14. The molecule has 1 rings (SSSR count). The van der Waals surface area contributed by atoms with Crippen molar-refractivity contribution >= 4 is 13.6 Å². The van der Waals surface area contributed by atoms with Crippen molar-refractivity contribution in [3.8, 4) is 0 Å². The molecule has 2 N–H and O–H groups in total. The third-order valence-corrected chi connectivity index (χ3v) is 2.60. The van der Waals surface area contributed by atoms with E-state index < -0.39 is 13.6 Å². The first kappa shape index (κ1) is 12.9. The van der Waals surface area contributed by atoms with Gasteiger partial charge in [0, 0.05) is 0 Å². The molecule has 16 heavy (non-hydrogen) atoms. The molecule has 0 radical (unpaired) electrons. The second-order valence-electron chi connectivity index (χ2n) is 3.24. The van der Waals surface area contributed by atoms with Gasteiger partial charge < -0.3 is 14.5 Å². The quantitative estimate of drug-likeness (QED) is 0.620. The fourth-order valence-corrected chi connectivity index (χ4v) is 1.92. The molecule has 0 aliphatic heterocycles. The second kappa shape index (κ2) is 5.25. The number of rotatable bonds is 4. The summed E-state index contributed by atoms with van der Waals surface area (Å²) in [5.74, 6) is -0.491. The van der Waals surface area contributed by atoms with Crippen LogP contribution in [0.25, 0.3) is 0 Å². The third-order valence-electron chi connectivity index (χ3n) is 1.83. The molecule has 0 spiro atoms. The molecule has 0 aromatic heterocycles. The summed E-state index contributed by atoms with van der Waals surface area (Å²) in [5, 5.41) is 0. The van der Waals surface area contributed by atoms with Crippen molar-refractivity contribution in [2.75, 3.05) is 6.61 Å². The van der Waals surface area contributed by atoms with E-state index in [1.807, 2.05) is 0 Å². The fraction of sp³-hybridized carbons (Fsp3) is 0.300. The Kier molecular flexibility index (Phi) is 4.24. The van der Waals surface area contributed by atoms with Crippen LogP contribution in [0.1, 0.15) is 22.8 Å². The summed E-state index contributed by atoms with van der Waals surface area (Å²) in [6.07, 6.45) is -0.375. The molecule has 0 bridgehead atoms. The van der Waals surface area contributed by atoms with E-state index in [1.165, 1.54) is 6.07 Å². The largest absolute Gasteiger partial charge is 0.462 e. The lowest BCUT2D eigenvalue weighted by molar-refractivity contribution is 0.0526. The Bertz CT molecular complexity index is 423. The minimum Gasteiger partial charge on any atom is -0.462 e. The highest BCUT2D eigenvalue weighted by atomic mass is 31.2. The van der Waals surface area contributed by atoms with Crippen LogP contribution in [0, 0.1) is 0 Å². The molecule has 0 heterocycles. The van der Waals surface area contributed by atoms with Gasteiger partial charge in [-0.25, -0.2) is 4.79 Å². The Balaban J connectivity index is 2.87. The molecule has 0 saturated heterocycles. The number of carbonyl (C=O) groups excluding carboxylic acids is 1. The average Bonchev–Trinajstić information content (AvgIpc) is 2.16. The molecule has 0 amide bonds. The minimum atomic E-state index is -4.11. The van der Waals surface area contributed by atoms with E-state index in [-0.39, 0.29) is 12.8 Å². The highest BCUT2D eigenvalue weighted by Gasteiger charge is 2.15. The fourth-order valence-electron chi connectivity index (χ4n) is 1.25. The first-order chi connectivity index (χ1) is 7.42. The zero-order valence-electron chi connectivity index (χ0n) is 8.79. The van der Waals surface area contributed by atoms with Gasteiger partial charge in [0.25, 0.3) is 0 Å². The van der Waals surface area contributed by atoms with Crippen LogP contribution in [-0.4, -0.2) is 22.4 Å². The molecule has 88 valence electrons. The molecule has 0 saturated carbocycles. The normalized spacial score (nSPS) is 11.2. The van der Waals surface area contributed by atoms with Crippen LogP contribution in [-0.2, 0) is 15.5 Å². The van der Waals surface area contributed by atoms with Crippen molar-refractivity contribution in [3.05, 3.63) is 35.4 Å². The van der Waals surface area contributed by atoms with E-state index >= 15 is 0 Å². The zero-order valence-corrected chi connectivity index (χ0v) is 9.68. The van der Waals surface area contributed by atoms with Gasteiger partial charge in [-0.1, -0.05) is 12.1 Å². The second-order valence-corrected chi connectivity index (χ2v) is 4.89. The maximum Gasteiger partial charge on any atom is 0.338 e. The first-order valence-electron chi connectivity index (χ1n) is 4.73. The Morgan fingerprint density at radius 2 is 2.12 bits per heavy atom. The summed E-state index contributed by atoms with van der Waals surface area (Å²) in [4.78, 5) is 28.9. The van der Waals surface area contributed by atoms with E-state index in [4.69, 9.17) is 14.5 Å². The monoisotopic (exact) mass is 244 g/mol. The van der Waals surface area contributed by atoms with Gasteiger partial charge in [-0.05, 0) is 24.6 Å². The maximum absolute atomic E-state index is 11.3. The number of carbonyl (C=O) groups is 1. The molecule has 0 aliphatic carbocycles. The summed E-state index contributed by atoms with van der Waals surface area (Å²) < 4.78 is 15.6. The van der Waals surface area contributed by atoms with E-state index in [1.54, 1.807) is 25.1 Å². The number of benzene rings is 1. The van der Waals surface area contributed by atoms with Crippen molar-refractivity contribution in [2.45, 2.75) is 13.1 Å². The topological polar surface area (TPSA) is 83.8 Å². The molecule has 0 atom stereocenters. The van der Waals surface area contributed by atoms with Crippen molar-refractivity contribution in [1.82, 2.24) is 0 Å². The highest BCUT2D eigenvalue weighted by Crippen LogP contribution is 2.39. The van der Waals surface area contributed by atoms with Crippen molar-refractivity contribution in [1.29, 1.82) is 0 Å². The average molecular weight is 244 g/mol. The van der Waals surface area contributed by atoms with Gasteiger partial charge >= 0.3 is 13.6 Å². The summed E-state index contributed by atoms with van der Waals surface area (Å²) in [5.41, 5.74) is 0.715. The van der Waals surface area contributed by atoms with Crippen LogP contribution in [0.4, 0.5) is 0 Å². The smallest absolute Gasteiger partial charge is 0.338 e. The molecule has 6 heteroatoms. The molecule has 0 fully saturated rings. The minimum absolute atomic E-state index is 0.265. The number of hydrogen-bond acceptors (Lipinski definition) is 3. The number of ether oxygens (including phenoxy) is 1. The number of esters is 1. The Labute approximate surface area is 93.2 Å². The zero-order chi connectivity index (χ0) is 12.2. The first-order valence-corrected chi connectivity index (χ1v) is 6.53. The summed E-state index contributed by atoms with van der Waals surface area (Å²) in [6, 6.07) is 6.09. The molecule has 1 aromatic rings. The highest BCUT2D eigenvalue weighted by molar-refractivity contribution is 7.50. The van der Waals surface area contributed by atoms with Crippen LogP contribution in [0.15, 0.2) is 24.3 Å². The van der Waals surface area contributed by atoms with E-state index in [2.05, 4.69) is 0 Å². The Morgan fingerprint density at radius 3 is 2.69 bits per heavy atom. The van der Waals surface area contributed by atoms with Crippen molar-refractivity contribution in [3.63, 3.8) is 0 Å². The van der Waals surface area contributed by atoms with Gasteiger partial charge in [-0.2, -0.15) is 0 Å². The van der Waals surface area contributed by atoms with Crippen molar-refractivity contribution in [2.24, 2.45) is 0 Å². The van der Waals surface area contributed by atoms with Gasteiger partial charge in [0.15, 0.2) is 0 Å². The Hall–Kier alpha value is -1.16. The van der Waals surface area contributed by atoms with Gasteiger partial charge in [-0.3, -0.25) is 4.57 Å². The molecular formula is C10H13O5P. The standard InChI is InChI=1S/C10H13O5P/c1-2-15-10(11)9-5-3-4-8(6-9)7-16(12,13)14/h3-6H,2,7H2,1H3,(H2,12,13,14). The summed E-state index contributed by atoms with van der Waals surface area (Å²) in [7, 11) is -4.11. The maximum atomic E-state index is 11.3. The molecule has 5 nitrogen and oxygen atoms in total. The molecule has 1 aromatic carbocycles. The summed E-state index contributed by atoms with van der Waals surface area (Å²) in [6.45, 7) is 1.96. The van der Waals surface area contributed by atoms with Gasteiger partial charge in [0.05, 0.1) is 18.3 Å². The van der Waals surface area contributed by atoms with Gasteiger partial charge in [0.2, 0.25) is 0 Å². The molecule has 0 aliphatic rings. The SMILES string of the molecule is CCOC(=O)c1cccc(CP(=O)(O)O)c1. The predicted molar refractivity (Wildman–Crippen MR) is 58.1 cm³/mol. The van der Waals surface area contributed by atoms with Gasteiger partial charge in [-0.15, -0.1) is 0 Å². The number of hydrogen-bond donors (Lipinski definition) is 2. The van der Waals surface area contributed by atoms with Crippen LogP contribution in [0.3, 0.4) is 0 Å². The summed E-state index contributed by atoms with van der Waals surface area (Å²) >= 11 is 0. The van der Waals surface area contributed by atoms with Crippen LogP contribution >= 0.6 is 7.60 Å². The lowest BCUT2D eigenvalue weighted by atomic mass is 10.1. The van der Waals surface area contributed by atoms with E-state index in [9.17, 15) is 9.36 Å². The van der Waals surface area contributed by atoms with Gasteiger partial charge in [0.1, 0.15) is 0 Å². The Morgan fingerprint density at radius 1 is 1.44 bits per heavy atom. The lowest BCUT2D eigenvalue weighted by Gasteiger charge is -2.06. The van der Waals surface area contributed by atoms with Crippen LogP contribution in [0.5, 0.6) is 0 Å². The van der Waals surface area contributed by atoms with Crippen LogP contribution in [0.2, 0.25) is 0 Å². The molecule has 0 unspecified atom stereocenters. The van der Waals surface area contributed by atoms with Crippen LogP contribution < -0.4 is 0 Å². The predicted octanol–water partition coefficient (Wildman–Crippen LogP) is 1.54. The van der Waals surface area contributed by atoms with E-state index in [0.717, 1.165) is 0 Å².